The van der Waals surface area contributed by atoms with Gasteiger partial charge in [-0.1, -0.05) is 18.2 Å². The van der Waals surface area contributed by atoms with E-state index < -0.39 is 23.6 Å². The van der Waals surface area contributed by atoms with Crippen molar-refractivity contribution in [2.75, 3.05) is 58.4 Å². The molecule has 1 N–H and O–H groups in total. The highest BCUT2D eigenvalue weighted by atomic mass is 19.4. The van der Waals surface area contributed by atoms with E-state index >= 15 is 0 Å². The van der Waals surface area contributed by atoms with Crippen molar-refractivity contribution in [1.82, 2.24) is 9.80 Å². The molecule has 3 aliphatic heterocycles. The van der Waals surface area contributed by atoms with Gasteiger partial charge in [-0.05, 0) is 80.3 Å². The molecule has 2 aromatic rings. The quantitative estimate of drug-likeness (QED) is 0.373. The van der Waals surface area contributed by atoms with Crippen molar-refractivity contribution in [3.63, 3.8) is 0 Å². The molecule has 1 aliphatic carbocycles. The normalized spacial score (nSPS) is 27.7. The highest BCUT2D eigenvalue weighted by Gasteiger charge is 2.45. The third-order valence-electron chi connectivity index (χ3n) is 11.2. The van der Waals surface area contributed by atoms with Crippen molar-refractivity contribution in [2.24, 2.45) is 11.8 Å². The topological polar surface area (TPSA) is 82.6 Å². The van der Waals surface area contributed by atoms with Gasteiger partial charge in [0.25, 0.3) is 0 Å². The van der Waals surface area contributed by atoms with Gasteiger partial charge in [0, 0.05) is 69.9 Å². The number of nitrogens with zero attached hydrogens (tertiary/aromatic N) is 3. The molecule has 6 rings (SSSR count). The fourth-order valence-corrected chi connectivity index (χ4v) is 8.37. The molecule has 4 fully saturated rings. The molecule has 0 aromatic heterocycles. The van der Waals surface area contributed by atoms with E-state index in [9.17, 15) is 27.9 Å². The SMILES string of the molecule is COc1ccc([C@@H]2CN(C3CCC(OC)CC3)C[C@H]2C(=O)N2CC[C@@H](c3ccc(C(F)(F)F)cc3N3CCC(C(=O)O)CC3)C2)cc1. The van der Waals surface area contributed by atoms with Crippen LogP contribution in [-0.4, -0.2) is 92.4 Å². The maximum absolute atomic E-state index is 14.4. The van der Waals surface area contributed by atoms with E-state index in [1.165, 1.54) is 6.07 Å². The Kier molecular flexibility index (Phi) is 10.0. The summed E-state index contributed by atoms with van der Waals surface area (Å²) >= 11 is 0. The van der Waals surface area contributed by atoms with Gasteiger partial charge in [0.15, 0.2) is 0 Å². The largest absolute Gasteiger partial charge is 0.497 e. The summed E-state index contributed by atoms with van der Waals surface area (Å²) in [6, 6.07) is 12.3. The molecule has 2 aromatic carbocycles. The smallest absolute Gasteiger partial charge is 0.416 e. The lowest BCUT2D eigenvalue weighted by atomic mass is 9.88. The van der Waals surface area contributed by atoms with Crippen LogP contribution >= 0.6 is 0 Å². The summed E-state index contributed by atoms with van der Waals surface area (Å²) in [5.74, 6) is -0.757. The Morgan fingerprint density at radius 2 is 1.55 bits per heavy atom. The van der Waals surface area contributed by atoms with Crippen LogP contribution in [0.15, 0.2) is 42.5 Å². The summed E-state index contributed by atoms with van der Waals surface area (Å²) < 4.78 is 52.4. The summed E-state index contributed by atoms with van der Waals surface area (Å²) in [5.41, 5.74) is 1.72. The number of anilines is 1. The summed E-state index contributed by atoms with van der Waals surface area (Å²) in [4.78, 5) is 32.2. The number of likely N-dealkylation sites (tertiary alicyclic amines) is 2. The number of carboxylic acid groups (broad SMARTS) is 1. The van der Waals surface area contributed by atoms with Crippen molar-refractivity contribution in [3.05, 3.63) is 59.2 Å². The van der Waals surface area contributed by atoms with Gasteiger partial charge in [-0.25, -0.2) is 0 Å². The molecule has 0 spiro atoms. The minimum atomic E-state index is -4.49. The van der Waals surface area contributed by atoms with Crippen molar-refractivity contribution < 1.29 is 37.3 Å². The first kappa shape index (κ1) is 33.6. The number of benzene rings is 2. The lowest BCUT2D eigenvalue weighted by Gasteiger charge is -2.35. The van der Waals surface area contributed by atoms with Crippen LogP contribution in [0.5, 0.6) is 5.75 Å². The van der Waals surface area contributed by atoms with Gasteiger partial charge in [-0.2, -0.15) is 13.2 Å². The fraction of sp³-hybridized carbons (Fsp3) is 0.611. The van der Waals surface area contributed by atoms with Gasteiger partial charge in [-0.15, -0.1) is 0 Å². The second-order valence-electron chi connectivity index (χ2n) is 13.7. The van der Waals surface area contributed by atoms with Crippen LogP contribution in [0.2, 0.25) is 0 Å². The highest BCUT2D eigenvalue weighted by Crippen LogP contribution is 2.43. The molecular weight excluding hydrogens is 611 g/mol. The summed E-state index contributed by atoms with van der Waals surface area (Å²) in [6.07, 6.45) is 1.36. The minimum absolute atomic E-state index is 0.0322. The Bertz CT molecular complexity index is 1400. The van der Waals surface area contributed by atoms with E-state index in [2.05, 4.69) is 17.0 Å². The number of ether oxygens (including phenoxy) is 2. The molecule has 3 atom stereocenters. The van der Waals surface area contributed by atoms with E-state index in [0.29, 0.717) is 69.8 Å². The Hall–Kier alpha value is -3.31. The highest BCUT2D eigenvalue weighted by molar-refractivity contribution is 5.81. The summed E-state index contributed by atoms with van der Waals surface area (Å²) in [6.45, 7) is 3.26. The lowest BCUT2D eigenvalue weighted by molar-refractivity contribution is -0.142. The standard InChI is InChI=1S/C36H46F3N3O5/c1-46-28-8-3-23(4-9-28)31-21-42(27-6-10-29(47-2)11-7-27)22-32(31)34(43)41-18-15-25(20-41)30-12-5-26(36(37,38)39)19-33(30)40-16-13-24(14-17-40)35(44)45/h3-5,8-9,12,19,24-25,27,29,31-32H,6-7,10-11,13-18,20-22H2,1-2H3,(H,44,45)/t25-,27?,29?,31+,32-/m1/s1. The third-order valence-corrected chi connectivity index (χ3v) is 11.2. The van der Waals surface area contributed by atoms with Gasteiger partial charge in [0.05, 0.1) is 30.6 Å². The van der Waals surface area contributed by atoms with Crippen molar-refractivity contribution in [1.29, 1.82) is 0 Å². The number of hydrogen-bond donors (Lipinski definition) is 1. The average Bonchev–Trinajstić information content (AvgIpc) is 3.76. The number of piperidine rings is 1. The molecule has 8 nitrogen and oxygen atoms in total. The number of hydrogen-bond acceptors (Lipinski definition) is 6. The number of halogens is 3. The molecule has 1 amide bonds. The van der Waals surface area contributed by atoms with Gasteiger partial charge in [-0.3, -0.25) is 14.5 Å². The predicted octanol–water partition coefficient (Wildman–Crippen LogP) is 6.00. The van der Waals surface area contributed by atoms with Crippen molar-refractivity contribution >= 4 is 17.6 Å². The zero-order valence-corrected chi connectivity index (χ0v) is 27.3. The number of carbonyl (C=O) groups excluding carboxylic acids is 1. The van der Waals surface area contributed by atoms with E-state index in [4.69, 9.17) is 9.47 Å². The van der Waals surface area contributed by atoms with E-state index in [1.807, 2.05) is 21.9 Å². The molecular formula is C36H46F3N3O5. The van der Waals surface area contributed by atoms with E-state index in [0.717, 1.165) is 55.2 Å². The summed E-state index contributed by atoms with van der Waals surface area (Å²) in [7, 11) is 3.41. The monoisotopic (exact) mass is 657 g/mol. The zero-order valence-electron chi connectivity index (χ0n) is 27.3. The molecule has 0 radical (unpaired) electrons. The first-order chi connectivity index (χ1) is 22.5. The second kappa shape index (κ2) is 14.0. The molecule has 4 aliphatic rings. The minimum Gasteiger partial charge on any atom is -0.497 e. The van der Waals surface area contributed by atoms with Gasteiger partial charge >= 0.3 is 12.1 Å². The van der Waals surface area contributed by atoms with Crippen LogP contribution in [0.3, 0.4) is 0 Å². The number of amides is 1. The number of carboxylic acids is 1. The summed E-state index contributed by atoms with van der Waals surface area (Å²) in [5, 5.41) is 9.45. The van der Waals surface area contributed by atoms with Gasteiger partial charge < -0.3 is 24.4 Å². The maximum atomic E-state index is 14.4. The number of alkyl halides is 3. The Morgan fingerprint density at radius 3 is 2.17 bits per heavy atom. The zero-order chi connectivity index (χ0) is 33.3. The molecule has 0 unspecified atom stereocenters. The van der Waals surface area contributed by atoms with Gasteiger partial charge in [0.2, 0.25) is 5.91 Å². The van der Waals surface area contributed by atoms with Crippen LogP contribution in [0, 0.1) is 11.8 Å². The molecule has 3 heterocycles. The van der Waals surface area contributed by atoms with Crippen LogP contribution in [0.4, 0.5) is 18.9 Å². The van der Waals surface area contributed by atoms with Crippen LogP contribution in [0.25, 0.3) is 0 Å². The predicted molar refractivity (Wildman–Crippen MR) is 172 cm³/mol. The number of carbonyl (C=O) groups is 2. The lowest BCUT2D eigenvalue weighted by Crippen LogP contribution is -2.40. The Labute approximate surface area is 274 Å². The third kappa shape index (κ3) is 7.26. The van der Waals surface area contributed by atoms with Crippen LogP contribution < -0.4 is 9.64 Å². The molecule has 11 heteroatoms. The van der Waals surface area contributed by atoms with Gasteiger partial charge in [0.1, 0.15) is 5.75 Å². The fourth-order valence-electron chi connectivity index (χ4n) is 8.37. The molecule has 3 saturated heterocycles. The number of rotatable bonds is 8. The van der Waals surface area contributed by atoms with Crippen LogP contribution in [-0.2, 0) is 20.5 Å². The molecule has 256 valence electrons. The molecule has 1 saturated carbocycles. The first-order valence-electron chi connectivity index (χ1n) is 16.9. The van der Waals surface area contributed by atoms with E-state index in [-0.39, 0.29) is 23.7 Å². The Morgan fingerprint density at radius 1 is 0.851 bits per heavy atom. The van der Waals surface area contributed by atoms with Crippen molar-refractivity contribution in [3.8, 4) is 5.75 Å². The second-order valence-corrected chi connectivity index (χ2v) is 13.7. The van der Waals surface area contributed by atoms with Crippen LogP contribution in [0.1, 0.15) is 73.5 Å². The van der Waals surface area contributed by atoms with E-state index in [1.54, 1.807) is 20.3 Å². The Balaban J connectivity index is 1.21. The maximum Gasteiger partial charge on any atom is 0.416 e. The number of aliphatic carboxylic acids is 1. The average molecular weight is 658 g/mol. The first-order valence-corrected chi connectivity index (χ1v) is 16.9. The number of methoxy groups -OCH3 is 2. The molecule has 47 heavy (non-hydrogen) atoms. The molecule has 0 bridgehead atoms. The van der Waals surface area contributed by atoms with Crippen molar-refractivity contribution in [2.45, 2.75) is 75.1 Å².